The van der Waals surface area contributed by atoms with Gasteiger partial charge in [0, 0.05) is 18.9 Å². The Morgan fingerprint density at radius 2 is 1.45 bits per heavy atom. The van der Waals surface area contributed by atoms with Crippen molar-refractivity contribution in [3.05, 3.63) is 59.7 Å². The summed E-state index contributed by atoms with van der Waals surface area (Å²) < 4.78 is 5.58. The molecule has 29 heavy (non-hydrogen) atoms. The van der Waals surface area contributed by atoms with Crippen molar-refractivity contribution in [2.45, 2.75) is 38.0 Å². The standard InChI is InChI=1S/C24H27NO4/c26-23(27)13-16-9-11-17(12-10-16)14-25-24(28)29-15-22-20-7-3-1-5-18(20)19-6-2-4-8-21(19)22/h1-8,16-17,22H,9-15H2,(H,25,28)(H,26,27). The number of benzene rings is 2. The smallest absolute Gasteiger partial charge is 0.407 e. The zero-order chi connectivity index (χ0) is 20.2. The zero-order valence-electron chi connectivity index (χ0n) is 16.5. The highest BCUT2D eigenvalue weighted by atomic mass is 16.5. The summed E-state index contributed by atoms with van der Waals surface area (Å²) in [5.74, 6) is 0.0311. The summed E-state index contributed by atoms with van der Waals surface area (Å²) in [6.07, 6.45) is 3.64. The second-order valence-corrected chi connectivity index (χ2v) is 8.19. The number of aliphatic carboxylic acids is 1. The lowest BCUT2D eigenvalue weighted by molar-refractivity contribution is -0.138. The van der Waals surface area contributed by atoms with Crippen molar-refractivity contribution in [1.29, 1.82) is 0 Å². The number of alkyl carbamates (subject to hydrolysis) is 1. The van der Waals surface area contributed by atoms with Crippen molar-refractivity contribution >= 4 is 12.1 Å². The highest BCUT2D eigenvalue weighted by molar-refractivity contribution is 5.79. The fourth-order valence-electron chi connectivity index (χ4n) is 4.76. The largest absolute Gasteiger partial charge is 0.481 e. The molecular formula is C24H27NO4. The average Bonchev–Trinajstić information content (AvgIpc) is 3.05. The minimum atomic E-state index is -0.717. The van der Waals surface area contributed by atoms with E-state index in [9.17, 15) is 9.59 Å². The highest BCUT2D eigenvalue weighted by Crippen LogP contribution is 2.44. The van der Waals surface area contributed by atoms with Crippen LogP contribution in [-0.4, -0.2) is 30.3 Å². The predicted molar refractivity (Wildman–Crippen MR) is 111 cm³/mol. The molecule has 1 fully saturated rings. The Kier molecular flexibility index (Phi) is 5.84. The number of carbonyl (C=O) groups excluding carboxylic acids is 1. The number of carboxylic acids is 1. The van der Waals surface area contributed by atoms with Gasteiger partial charge in [0.25, 0.3) is 0 Å². The second kappa shape index (κ2) is 8.68. The number of rotatable bonds is 6. The van der Waals surface area contributed by atoms with Crippen LogP contribution < -0.4 is 5.32 Å². The van der Waals surface area contributed by atoms with E-state index < -0.39 is 5.97 Å². The van der Waals surface area contributed by atoms with Crippen LogP contribution in [0.4, 0.5) is 4.79 Å². The van der Waals surface area contributed by atoms with Crippen molar-refractivity contribution in [3.63, 3.8) is 0 Å². The first kappa shape index (κ1) is 19.5. The van der Waals surface area contributed by atoms with E-state index in [-0.39, 0.29) is 24.3 Å². The van der Waals surface area contributed by atoms with Gasteiger partial charge >= 0.3 is 12.1 Å². The first-order chi connectivity index (χ1) is 14.1. The maximum Gasteiger partial charge on any atom is 0.407 e. The highest BCUT2D eigenvalue weighted by Gasteiger charge is 2.29. The molecule has 0 bridgehead atoms. The van der Waals surface area contributed by atoms with Gasteiger partial charge in [-0.15, -0.1) is 0 Å². The predicted octanol–water partition coefficient (Wildman–Crippen LogP) is 4.81. The summed E-state index contributed by atoms with van der Waals surface area (Å²) in [5.41, 5.74) is 4.85. The van der Waals surface area contributed by atoms with E-state index in [4.69, 9.17) is 9.84 Å². The molecule has 0 radical (unpaired) electrons. The van der Waals surface area contributed by atoms with Gasteiger partial charge in [0.2, 0.25) is 0 Å². The van der Waals surface area contributed by atoms with Gasteiger partial charge in [-0.05, 0) is 59.8 Å². The summed E-state index contributed by atoms with van der Waals surface area (Å²) in [5, 5.41) is 11.8. The lowest BCUT2D eigenvalue weighted by Gasteiger charge is -2.27. The van der Waals surface area contributed by atoms with Crippen LogP contribution in [0.5, 0.6) is 0 Å². The van der Waals surface area contributed by atoms with Crippen molar-refractivity contribution in [2.75, 3.05) is 13.2 Å². The molecule has 0 heterocycles. The molecule has 2 aliphatic rings. The molecule has 0 saturated heterocycles. The van der Waals surface area contributed by atoms with E-state index in [0.717, 1.165) is 25.7 Å². The first-order valence-corrected chi connectivity index (χ1v) is 10.4. The molecule has 4 rings (SSSR count). The molecule has 0 atom stereocenters. The van der Waals surface area contributed by atoms with Crippen molar-refractivity contribution in [2.24, 2.45) is 11.8 Å². The van der Waals surface area contributed by atoms with Gasteiger partial charge in [-0.1, -0.05) is 48.5 Å². The average molecular weight is 393 g/mol. The van der Waals surface area contributed by atoms with Gasteiger partial charge in [0.05, 0.1) is 0 Å². The molecule has 0 unspecified atom stereocenters. The normalized spacial score (nSPS) is 20.6. The third kappa shape index (κ3) is 4.44. The van der Waals surface area contributed by atoms with E-state index in [1.165, 1.54) is 22.3 Å². The van der Waals surface area contributed by atoms with E-state index in [0.29, 0.717) is 19.1 Å². The van der Waals surface area contributed by atoms with Crippen LogP contribution in [0.25, 0.3) is 11.1 Å². The Bertz CT molecular complexity index is 840. The quantitative estimate of drug-likeness (QED) is 0.739. The Morgan fingerprint density at radius 3 is 2.03 bits per heavy atom. The zero-order valence-corrected chi connectivity index (χ0v) is 16.5. The molecule has 0 aliphatic heterocycles. The fraction of sp³-hybridized carbons (Fsp3) is 0.417. The van der Waals surface area contributed by atoms with Crippen molar-refractivity contribution < 1.29 is 19.4 Å². The SMILES string of the molecule is O=C(O)CC1CCC(CNC(=O)OCC2c3ccccc3-c3ccccc32)CC1. The molecule has 2 aromatic carbocycles. The maximum absolute atomic E-state index is 12.3. The number of hydrogen-bond acceptors (Lipinski definition) is 3. The molecule has 2 N–H and O–H groups in total. The summed E-state index contributed by atoms with van der Waals surface area (Å²) in [6, 6.07) is 16.6. The molecule has 1 saturated carbocycles. The van der Waals surface area contributed by atoms with Crippen LogP contribution in [0.15, 0.2) is 48.5 Å². The third-order valence-corrected chi connectivity index (χ3v) is 6.31. The number of carbonyl (C=O) groups is 2. The number of hydrogen-bond donors (Lipinski definition) is 2. The molecular weight excluding hydrogens is 366 g/mol. The van der Waals surface area contributed by atoms with Gasteiger partial charge < -0.3 is 15.2 Å². The van der Waals surface area contributed by atoms with Crippen LogP contribution in [0.3, 0.4) is 0 Å². The number of fused-ring (bicyclic) bond motifs is 3. The summed E-state index contributed by atoms with van der Waals surface area (Å²) in [6.45, 7) is 0.918. The van der Waals surface area contributed by atoms with E-state index in [1.807, 2.05) is 24.3 Å². The van der Waals surface area contributed by atoms with Crippen molar-refractivity contribution in [1.82, 2.24) is 5.32 Å². The van der Waals surface area contributed by atoms with Gasteiger partial charge in [-0.25, -0.2) is 4.79 Å². The van der Waals surface area contributed by atoms with Gasteiger partial charge in [0.1, 0.15) is 6.61 Å². The minimum Gasteiger partial charge on any atom is -0.481 e. The van der Waals surface area contributed by atoms with Gasteiger partial charge in [-0.3, -0.25) is 4.79 Å². The molecule has 5 heteroatoms. The Morgan fingerprint density at radius 1 is 0.897 bits per heavy atom. The molecule has 2 aliphatic carbocycles. The van der Waals surface area contributed by atoms with Crippen molar-refractivity contribution in [3.8, 4) is 11.1 Å². The number of ether oxygens (including phenoxy) is 1. The maximum atomic E-state index is 12.3. The number of carboxylic acid groups (broad SMARTS) is 1. The summed E-state index contributed by atoms with van der Waals surface area (Å²) in [4.78, 5) is 23.1. The van der Waals surface area contributed by atoms with E-state index in [1.54, 1.807) is 0 Å². The Hall–Kier alpha value is -2.82. The molecule has 152 valence electrons. The van der Waals surface area contributed by atoms with Crippen LogP contribution in [0.1, 0.15) is 49.1 Å². The molecule has 0 aromatic heterocycles. The summed E-state index contributed by atoms with van der Waals surface area (Å²) in [7, 11) is 0. The molecule has 5 nitrogen and oxygen atoms in total. The Balaban J connectivity index is 1.27. The number of nitrogens with one attached hydrogen (secondary N) is 1. The van der Waals surface area contributed by atoms with Gasteiger partial charge in [0.15, 0.2) is 0 Å². The van der Waals surface area contributed by atoms with Crippen LogP contribution in [0.2, 0.25) is 0 Å². The van der Waals surface area contributed by atoms with E-state index >= 15 is 0 Å². The lowest BCUT2D eigenvalue weighted by Crippen LogP contribution is -2.32. The fourth-order valence-corrected chi connectivity index (χ4v) is 4.76. The first-order valence-electron chi connectivity index (χ1n) is 10.4. The minimum absolute atomic E-state index is 0.0691. The summed E-state index contributed by atoms with van der Waals surface area (Å²) >= 11 is 0. The van der Waals surface area contributed by atoms with Crippen LogP contribution in [0, 0.1) is 11.8 Å². The van der Waals surface area contributed by atoms with Crippen LogP contribution >= 0.6 is 0 Å². The number of amides is 1. The topological polar surface area (TPSA) is 75.6 Å². The molecule has 0 spiro atoms. The Labute approximate surface area is 171 Å². The third-order valence-electron chi connectivity index (χ3n) is 6.31. The molecule has 1 amide bonds. The monoisotopic (exact) mass is 393 g/mol. The molecule has 2 aromatic rings. The van der Waals surface area contributed by atoms with E-state index in [2.05, 4.69) is 29.6 Å². The lowest BCUT2D eigenvalue weighted by atomic mass is 9.80. The second-order valence-electron chi connectivity index (χ2n) is 8.19. The van der Waals surface area contributed by atoms with Gasteiger partial charge in [-0.2, -0.15) is 0 Å². The van der Waals surface area contributed by atoms with Crippen LogP contribution in [-0.2, 0) is 9.53 Å².